The first kappa shape index (κ1) is 11.9. The zero-order valence-electron chi connectivity index (χ0n) is 8.84. The van der Waals surface area contributed by atoms with Gasteiger partial charge in [-0.3, -0.25) is 4.79 Å². The molecule has 0 aliphatic heterocycles. The van der Waals surface area contributed by atoms with Crippen LogP contribution in [0.25, 0.3) is 0 Å². The minimum absolute atomic E-state index is 0.142. The normalized spacial score (nSPS) is 18.7. The van der Waals surface area contributed by atoms with Crippen LogP contribution in [-0.2, 0) is 4.79 Å². The quantitative estimate of drug-likeness (QED) is 0.651. The standard InChI is InChI=1S/C10H20N2OS/c1-14-6-5-12-9(13)7-10(8-11)3-2-4-10/h2-8,11H2,1H3,(H,12,13). The van der Waals surface area contributed by atoms with Crippen LogP contribution in [-0.4, -0.2) is 31.0 Å². The minimum atomic E-state index is 0.142. The molecule has 0 unspecified atom stereocenters. The van der Waals surface area contributed by atoms with Crippen LogP contribution in [0.1, 0.15) is 25.7 Å². The monoisotopic (exact) mass is 216 g/mol. The maximum atomic E-state index is 11.5. The Morgan fingerprint density at radius 2 is 2.29 bits per heavy atom. The molecule has 3 nitrogen and oxygen atoms in total. The highest BCUT2D eigenvalue weighted by atomic mass is 32.2. The van der Waals surface area contributed by atoms with Gasteiger partial charge in [-0.2, -0.15) is 11.8 Å². The number of hydrogen-bond donors (Lipinski definition) is 2. The first-order valence-electron chi connectivity index (χ1n) is 5.18. The third-order valence-electron chi connectivity index (χ3n) is 3.01. The summed E-state index contributed by atoms with van der Waals surface area (Å²) in [4.78, 5) is 11.5. The Hall–Kier alpha value is -0.220. The summed E-state index contributed by atoms with van der Waals surface area (Å²) < 4.78 is 0. The molecule has 1 aliphatic carbocycles. The van der Waals surface area contributed by atoms with E-state index in [4.69, 9.17) is 5.73 Å². The smallest absolute Gasteiger partial charge is 0.220 e. The van der Waals surface area contributed by atoms with Crippen molar-refractivity contribution in [3.8, 4) is 0 Å². The van der Waals surface area contributed by atoms with Crippen molar-refractivity contribution in [3.05, 3.63) is 0 Å². The molecule has 1 rings (SSSR count). The van der Waals surface area contributed by atoms with Crippen molar-refractivity contribution >= 4 is 17.7 Å². The van der Waals surface area contributed by atoms with Crippen LogP contribution < -0.4 is 11.1 Å². The fourth-order valence-electron chi connectivity index (χ4n) is 1.83. The molecule has 0 atom stereocenters. The van der Waals surface area contributed by atoms with Gasteiger partial charge in [0.25, 0.3) is 0 Å². The molecule has 1 amide bonds. The predicted octanol–water partition coefficient (Wildman–Crippen LogP) is 0.985. The van der Waals surface area contributed by atoms with Gasteiger partial charge in [-0.15, -0.1) is 0 Å². The first-order chi connectivity index (χ1) is 6.72. The van der Waals surface area contributed by atoms with Crippen LogP contribution in [0.3, 0.4) is 0 Å². The molecule has 0 aromatic rings. The van der Waals surface area contributed by atoms with Crippen LogP contribution in [0.15, 0.2) is 0 Å². The van der Waals surface area contributed by atoms with E-state index in [-0.39, 0.29) is 11.3 Å². The molecule has 0 saturated heterocycles. The fourth-order valence-corrected chi connectivity index (χ4v) is 2.13. The number of hydrogen-bond acceptors (Lipinski definition) is 3. The number of nitrogens with two attached hydrogens (primary N) is 1. The average Bonchev–Trinajstić information content (AvgIpc) is 2.12. The summed E-state index contributed by atoms with van der Waals surface area (Å²) in [5, 5.41) is 2.93. The summed E-state index contributed by atoms with van der Waals surface area (Å²) in [7, 11) is 0. The lowest BCUT2D eigenvalue weighted by atomic mass is 9.66. The molecule has 0 heterocycles. The molecule has 82 valence electrons. The molecule has 1 aliphatic rings. The molecule has 0 aromatic carbocycles. The summed E-state index contributed by atoms with van der Waals surface area (Å²) in [6, 6.07) is 0. The van der Waals surface area contributed by atoms with E-state index in [9.17, 15) is 4.79 Å². The molecule has 0 spiro atoms. The lowest BCUT2D eigenvalue weighted by Crippen LogP contribution is -2.42. The molecule has 4 heteroatoms. The van der Waals surface area contributed by atoms with Crippen molar-refractivity contribution in [2.75, 3.05) is 25.1 Å². The first-order valence-corrected chi connectivity index (χ1v) is 6.57. The Bertz CT molecular complexity index is 187. The molecule has 0 radical (unpaired) electrons. The van der Waals surface area contributed by atoms with E-state index in [2.05, 4.69) is 5.32 Å². The van der Waals surface area contributed by atoms with E-state index in [1.165, 1.54) is 6.42 Å². The van der Waals surface area contributed by atoms with E-state index in [0.717, 1.165) is 25.1 Å². The molecule has 0 bridgehead atoms. The Morgan fingerprint density at radius 1 is 1.57 bits per heavy atom. The maximum absolute atomic E-state index is 11.5. The lowest BCUT2D eigenvalue weighted by Gasteiger charge is -2.40. The predicted molar refractivity (Wildman–Crippen MR) is 61.3 cm³/mol. The van der Waals surface area contributed by atoms with Crippen molar-refractivity contribution in [2.24, 2.45) is 11.1 Å². The Kier molecular flexibility index (Phi) is 4.75. The van der Waals surface area contributed by atoms with E-state index >= 15 is 0 Å². The highest BCUT2D eigenvalue weighted by Crippen LogP contribution is 2.42. The molecule has 3 N–H and O–H groups in total. The van der Waals surface area contributed by atoms with E-state index < -0.39 is 0 Å². The van der Waals surface area contributed by atoms with Crippen LogP contribution in [0.5, 0.6) is 0 Å². The second kappa shape index (κ2) is 5.61. The van der Waals surface area contributed by atoms with Gasteiger partial charge in [0.2, 0.25) is 5.91 Å². The van der Waals surface area contributed by atoms with Crippen molar-refractivity contribution < 1.29 is 4.79 Å². The summed E-state index contributed by atoms with van der Waals surface area (Å²) >= 11 is 1.75. The fraction of sp³-hybridized carbons (Fsp3) is 0.900. The number of amides is 1. The van der Waals surface area contributed by atoms with Crippen molar-refractivity contribution in [2.45, 2.75) is 25.7 Å². The molecule has 14 heavy (non-hydrogen) atoms. The van der Waals surface area contributed by atoms with E-state index in [1.54, 1.807) is 11.8 Å². The van der Waals surface area contributed by atoms with Gasteiger partial charge in [0.05, 0.1) is 0 Å². The molecule has 0 aromatic heterocycles. The number of carbonyl (C=O) groups is 1. The number of thioether (sulfide) groups is 1. The number of carbonyl (C=O) groups excluding carboxylic acids is 1. The Balaban J connectivity index is 2.18. The van der Waals surface area contributed by atoms with Crippen LogP contribution in [0.4, 0.5) is 0 Å². The molecule has 1 saturated carbocycles. The zero-order valence-corrected chi connectivity index (χ0v) is 9.66. The lowest BCUT2D eigenvalue weighted by molar-refractivity contribution is -0.124. The van der Waals surface area contributed by atoms with Crippen LogP contribution >= 0.6 is 11.8 Å². The number of nitrogens with one attached hydrogen (secondary N) is 1. The Morgan fingerprint density at radius 3 is 2.71 bits per heavy atom. The van der Waals surface area contributed by atoms with Gasteiger partial charge < -0.3 is 11.1 Å². The number of rotatable bonds is 6. The van der Waals surface area contributed by atoms with Gasteiger partial charge in [-0.25, -0.2) is 0 Å². The van der Waals surface area contributed by atoms with Crippen molar-refractivity contribution in [3.63, 3.8) is 0 Å². The van der Waals surface area contributed by atoms with Crippen molar-refractivity contribution in [1.82, 2.24) is 5.32 Å². The van der Waals surface area contributed by atoms with Crippen LogP contribution in [0.2, 0.25) is 0 Å². The van der Waals surface area contributed by atoms with E-state index in [1.807, 2.05) is 6.26 Å². The van der Waals surface area contributed by atoms with Gasteiger partial charge >= 0.3 is 0 Å². The summed E-state index contributed by atoms with van der Waals surface area (Å²) in [6.45, 7) is 1.43. The third kappa shape index (κ3) is 3.17. The van der Waals surface area contributed by atoms with E-state index in [0.29, 0.717) is 13.0 Å². The third-order valence-corrected chi connectivity index (χ3v) is 3.62. The maximum Gasteiger partial charge on any atom is 0.220 e. The van der Waals surface area contributed by atoms with Gasteiger partial charge in [-0.1, -0.05) is 6.42 Å². The summed E-state index contributed by atoms with van der Waals surface area (Å²) in [5.74, 6) is 1.16. The highest BCUT2D eigenvalue weighted by Gasteiger charge is 2.37. The average molecular weight is 216 g/mol. The van der Waals surface area contributed by atoms with Gasteiger partial charge in [0, 0.05) is 18.7 Å². The Labute approximate surface area is 90.2 Å². The SMILES string of the molecule is CSCCNC(=O)CC1(CN)CCC1. The molecular weight excluding hydrogens is 196 g/mol. The minimum Gasteiger partial charge on any atom is -0.355 e. The second-order valence-electron chi connectivity index (χ2n) is 4.08. The largest absolute Gasteiger partial charge is 0.355 e. The topological polar surface area (TPSA) is 55.1 Å². The summed E-state index contributed by atoms with van der Waals surface area (Å²) in [5.41, 5.74) is 5.83. The van der Waals surface area contributed by atoms with Crippen LogP contribution in [0, 0.1) is 5.41 Å². The van der Waals surface area contributed by atoms with Crippen molar-refractivity contribution in [1.29, 1.82) is 0 Å². The highest BCUT2D eigenvalue weighted by molar-refractivity contribution is 7.98. The second-order valence-corrected chi connectivity index (χ2v) is 5.06. The van der Waals surface area contributed by atoms with Gasteiger partial charge in [0.15, 0.2) is 0 Å². The van der Waals surface area contributed by atoms with Gasteiger partial charge in [0.1, 0.15) is 0 Å². The van der Waals surface area contributed by atoms with Gasteiger partial charge in [-0.05, 0) is 31.1 Å². The zero-order chi connectivity index (χ0) is 10.4. The summed E-state index contributed by atoms with van der Waals surface area (Å²) in [6.07, 6.45) is 6.14. The molecular formula is C10H20N2OS. The molecule has 1 fully saturated rings.